The van der Waals surface area contributed by atoms with Gasteiger partial charge in [-0.1, -0.05) is 15.9 Å². The zero-order valence-corrected chi connectivity index (χ0v) is 8.96. The number of halogens is 3. The first-order chi connectivity index (χ1) is 7.13. The van der Waals surface area contributed by atoms with Gasteiger partial charge in [0.05, 0.1) is 11.3 Å². The highest BCUT2D eigenvalue weighted by atomic mass is 79.9. The number of aldehydes is 1. The van der Waals surface area contributed by atoms with Gasteiger partial charge in [0.1, 0.15) is 11.8 Å². The Morgan fingerprint density at radius 2 is 2.33 bits per heavy atom. The number of hydrogen-bond donors (Lipinski definition) is 0. The third-order valence-electron chi connectivity index (χ3n) is 1.74. The molecule has 0 N–H and O–H groups in total. The predicted octanol–water partition coefficient (Wildman–Crippen LogP) is 2.60. The molecule has 1 heterocycles. The summed E-state index contributed by atoms with van der Waals surface area (Å²) in [5.41, 5.74) is -0.576. The summed E-state index contributed by atoms with van der Waals surface area (Å²) in [5, 5.41) is 8.86. The summed E-state index contributed by atoms with van der Waals surface area (Å²) in [4.78, 5) is 14.2. The fourth-order valence-electron chi connectivity index (χ4n) is 1.10. The molecule has 0 atom stereocenters. The molecule has 0 amide bonds. The van der Waals surface area contributed by atoms with Crippen LogP contribution in [0.2, 0.25) is 0 Å². The van der Waals surface area contributed by atoms with Gasteiger partial charge >= 0.3 is 0 Å². The minimum absolute atomic E-state index is 0.0984. The van der Waals surface area contributed by atoms with E-state index in [1.807, 2.05) is 0 Å². The van der Waals surface area contributed by atoms with Crippen LogP contribution in [-0.4, -0.2) is 11.3 Å². The lowest BCUT2D eigenvalue weighted by molar-refractivity contribution is 0.111. The van der Waals surface area contributed by atoms with Crippen molar-refractivity contribution in [3.63, 3.8) is 0 Å². The molecule has 0 radical (unpaired) electrons. The Kier molecular flexibility index (Phi) is 3.86. The van der Waals surface area contributed by atoms with Crippen molar-refractivity contribution in [2.24, 2.45) is 0 Å². The third kappa shape index (κ3) is 2.36. The molecule has 0 aliphatic heterocycles. The molecule has 1 rings (SSSR count). The Morgan fingerprint density at radius 1 is 1.67 bits per heavy atom. The molecule has 0 saturated carbocycles. The second kappa shape index (κ2) is 4.94. The molecule has 1 aromatic rings. The topological polar surface area (TPSA) is 53.8 Å². The Labute approximate surface area is 92.9 Å². The van der Waals surface area contributed by atoms with Gasteiger partial charge in [-0.05, 0) is 6.07 Å². The molecule has 15 heavy (non-hydrogen) atoms. The summed E-state index contributed by atoms with van der Waals surface area (Å²) in [6, 6.07) is 2.59. The lowest BCUT2D eigenvalue weighted by Gasteiger charge is -2.06. The number of pyridine rings is 1. The number of aromatic nitrogens is 1. The smallest absolute Gasteiger partial charge is 0.265 e. The number of alkyl halides is 3. The maximum atomic E-state index is 12.5. The molecule has 0 aliphatic rings. The summed E-state index contributed by atoms with van der Waals surface area (Å²) < 4.78 is 25.1. The van der Waals surface area contributed by atoms with Crippen LogP contribution in [0.4, 0.5) is 8.78 Å². The predicted molar refractivity (Wildman–Crippen MR) is 51.9 cm³/mol. The normalized spacial score (nSPS) is 10.1. The fourth-order valence-corrected chi connectivity index (χ4v) is 1.51. The maximum absolute atomic E-state index is 12.5. The third-order valence-corrected chi connectivity index (χ3v) is 2.27. The van der Waals surface area contributed by atoms with E-state index in [2.05, 4.69) is 20.9 Å². The molecule has 3 nitrogen and oxygen atoms in total. The lowest BCUT2D eigenvalue weighted by atomic mass is 10.1. The van der Waals surface area contributed by atoms with E-state index in [1.54, 1.807) is 6.07 Å². The van der Waals surface area contributed by atoms with Crippen LogP contribution in [0.15, 0.2) is 6.07 Å². The molecular weight excluding hydrogens is 270 g/mol. The minimum Gasteiger partial charge on any atom is -0.296 e. The number of hydrogen-bond acceptors (Lipinski definition) is 3. The largest absolute Gasteiger partial charge is 0.296 e. The van der Waals surface area contributed by atoms with E-state index in [0.717, 1.165) is 6.07 Å². The Hall–Kier alpha value is -1.35. The van der Waals surface area contributed by atoms with Crippen molar-refractivity contribution in [2.75, 3.05) is 0 Å². The summed E-state index contributed by atoms with van der Waals surface area (Å²) >= 11 is 3.02. The van der Waals surface area contributed by atoms with Crippen molar-refractivity contribution in [3.8, 4) is 6.07 Å². The van der Waals surface area contributed by atoms with E-state index in [-0.39, 0.29) is 22.3 Å². The van der Waals surface area contributed by atoms with Crippen LogP contribution >= 0.6 is 15.9 Å². The van der Waals surface area contributed by atoms with Crippen LogP contribution in [0.5, 0.6) is 0 Å². The van der Waals surface area contributed by atoms with E-state index in [9.17, 15) is 13.6 Å². The van der Waals surface area contributed by atoms with Crippen LogP contribution in [0, 0.1) is 11.3 Å². The molecule has 0 spiro atoms. The molecule has 78 valence electrons. The number of nitrogens with zero attached hydrogens (tertiary/aromatic N) is 2. The zero-order chi connectivity index (χ0) is 11.4. The summed E-state index contributed by atoms with van der Waals surface area (Å²) in [5.74, 6) is 0. The Balaban J connectivity index is 3.47. The van der Waals surface area contributed by atoms with Gasteiger partial charge in [-0.15, -0.1) is 0 Å². The monoisotopic (exact) mass is 274 g/mol. The number of carbonyl (C=O) groups excluding carboxylic acids is 1. The number of carbonyl (C=O) groups is 1. The van der Waals surface area contributed by atoms with E-state index in [0.29, 0.717) is 6.29 Å². The highest BCUT2D eigenvalue weighted by Crippen LogP contribution is 2.25. The van der Waals surface area contributed by atoms with Gasteiger partial charge in [-0.2, -0.15) is 5.26 Å². The van der Waals surface area contributed by atoms with E-state index in [4.69, 9.17) is 5.26 Å². The second-order valence-electron chi connectivity index (χ2n) is 2.62. The van der Waals surface area contributed by atoms with Crippen molar-refractivity contribution in [1.29, 1.82) is 5.26 Å². The summed E-state index contributed by atoms with van der Waals surface area (Å²) in [7, 11) is 0. The number of nitriles is 1. The van der Waals surface area contributed by atoms with Crippen molar-refractivity contribution < 1.29 is 13.6 Å². The van der Waals surface area contributed by atoms with Crippen LogP contribution < -0.4 is 0 Å². The fraction of sp³-hybridized carbons (Fsp3) is 0.222. The Bertz CT molecular complexity index is 429. The van der Waals surface area contributed by atoms with Crippen molar-refractivity contribution in [2.45, 2.75) is 11.8 Å². The van der Waals surface area contributed by atoms with Gasteiger partial charge in [0.25, 0.3) is 6.43 Å². The first kappa shape index (κ1) is 11.7. The molecular formula is C9H5BrF2N2O. The van der Waals surface area contributed by atoms with Gasteiger partial charge in [0.15, 0.2) is 6.29 Å². The van der Waals surface area contributed by atoms with Gasteiger partial charge in [0, 0.05) is 10.9 Å². The van der Waals surface area contributed by atoms with Crippen LogP contribution in [0.1, 0.15) is 33.7 Å². The summed E-state index contributed by atoms with van der Waals surface area (Å²) in [6.07, 6.45) is -2.42. The van der Waals surface area contributed by atoms with E-state index < -0.39 is 12.0 Å². The molecule has 0 aromatic carbocycles. The molecule has 6 heteroatoms. The van der Waals surface area contributed by atoms with Gasteiger partial charge in [-0.3, -0.25) is 4.79 Å². The maximum Gasteiger partial charge on any atom is 0.265 e. The molecule has 0 fully saturated rings. The number of rotatable bonds is 3. The second-order valence-corrected chi connectivity index (χ2v) is 3.18. The molecule has 0 aliphatic carbocycles. The van der Waals surface area contributed by atoms with E-state index in [1.165, 1.54) is 0 Å². The van der Waals surface area contributed by atoms with Crippen molar-refractivity contribution in [1.82, 2.24) is 4.98 Å². The lowest BCUT2D eigenvalue weighted by Crippen LogP contribution is -2.02. The van der Waals surface area contributed by atoms with Crippen molar-refractivity contribution in [3.05, 3.63) is 28.6 Å². The SMILES string of the molecule is N#Cc1c(C(F)F)cc(C=O)nc1CBr. The molecule has 0 bridgehead atoms. The van der Waals surface area contributed by atoms with Gasteiger partial charge in [0.2, 0.25) is 0 Å². The average molecular weight is 275 g/mol. The van der Waals surface area contributed by atoms with E-state index >= 15 is 0 Å². The Morgan fingerprint density at radius 3 is 2.73 bits per heavy atom. The van der Waals surface area contributed by atoms with Gasteiger partial charge < -0.3 is 0 Å². The van der Waals surface area contributed by atoms with Crippen LogP contribution in [-0.2, 0) is 5.33 Å². The molecule has 0 saturated heterocycles. The van der Waals surface area contributed by atoms with Crippen molar-refractivity contribution >= 4 is 22.2 Å². The van der Waals surface area contributed by atoms with Crippen LogP contribution in [0.25, 0.3) is 0 Å². The first-order valence-electron chi connectivity index (χ1n) is 3.87. The summed E-state index contributed by atoms with van der Waals surface area (Å²) in [6.45, 7) is 0. The average Bonchev–Trinajstić information content (AvgIpc) is 2.26. The first-order valence-corrected chi connectivity index (χ1v) is 4.99. The quantitative estimate of drug-likeness (QED) is 0.629. The highest BCUT2D eigenvalue weighted by molar-refractivity contribution is 9.08. The molecule has 0 unspecified atom stereocenters. The van der Waals surface area contributed by atoms with Gasteiger partial charge in [-0.25, -0.2) is 13.8 Å². The standard InChI is InChI=1S/C9H5BrF2N2O/c10-2-8-7(3-13)6(9(11)12)1-5(4-15)14-8/h1,4,9H,2H2. The molecule has 1 aromatic heterocycles. The minimum atomic E-state index is -2.79. The highest BCUT2D eigenvalue weighted by Gasteiger charge is 2.18. The van der Waals surface area contributed by atoms with Crippen LogP contribution in [0.3, 0.4) is 0 Å². The zero-order valence-electron chi connectivity index (χ0n) is 7.38.